The van der Waals surface area contributed by atoms with Crippen molar-refractivity contribution in [3.63, 3.8) is 0 Å². The minimum absolute atomic E-state index is 0.0453. The van der Waals surface area contributed by atoms with Crippen LogP contribution in [0.25, 0.3) is 0 Å². The molecule has 1 amide bonds. The molecule has 1 aliphatic heterocycles. The molecule has 1 aromatic rings. The molecule has 3 nitrogen and oxygen atoms in total. The molecule has 1 fully saturated rings. The molecular formula is C12H18N2OS. The zero-order valence-electron chi connectivity index (χ0n) is 9.82. The summed E-state index contributed by atoms with van der Waals surface area (Å²) in [5, 5.41) is 7.51. The van der Waals surface area contributed by atoms with Crippen LogP contribution in [0.4, 0.5) is 0 Å². The fraction of sp³-hybridized carbons (Fsp3) is 0.583. The van der Waals surface area contributed by atoms with Crippen LogP contribution >= 0.6 is 11.3 Å². The number of nitrogens with zero attached hydrogens (tertiary/aromatic N) is 1. The summed E-state index contributed by atoms with van der Waals surface area (Å²) in [6, 6.07) is 0.0453. The van der Waals surface area contributed by atoms with Crippen LogP contribution in [0.5, 0.6) is 0 Å². The Bertz CT molecular complexity index is 375. The van der Waals surface area contributed by atoms with Gasteiger partial charge in [-0.2, -0.15) is 11.3 Å². The largest absolute Gasteiger partial charge is 0.337 e. The van der Waals surface area contributed by atoms with E-state index in [1.807, 2.05) is 11.8 Å². The van der Waals surface area contributed by atoms with Crippen molar-refractivity contribution in [2.45, 2.75) is 32.9 Å². The molecule has 0 saturated carbocycles. The highest BCUT2D eigenvalue weighted by Crippen LogP contribution is 2.19. The highest BCUT2D eigenvalue weighted by atomic mass is 32.1. The first-order valence-electron chi connectivity index (χ1n) is 5.76. The second-order valence-electron chi connectivity index (χ2n) is 4.24. The fourth-order valence-corrected chi connectivity index (χ4v) is 2.93. The summed E-state index contributed by atoms with van der Waals surface area (Å²) in [5.41, 5.74) is 2.58. The van der Waals surface area contributed by atoms with E-state index < -0.39 is 0 Å². The van der Waals surface area contributed by atoms with Gasteiger partial charge in [0.2, 0.25) is 5.91 Å². The second-order valence-corrected chi connectivity index (χ2v) is 4.98. The summed E-state index contributed by atoms with van der Waals surface area (Å²) in [6.45, 7) is 6.66. The van der Waals surface area contributed by atoms with Crippen molar-refractivity contribution in [1.82, 2.24) is 10.2 Å². The lowest BCUT2D eigenvalue weighted by molar-refractivity contribution is -0.129. The number of rotatable bonds is 4. The molecule has 0 aliphatic carbocycles. The number of hydrogen-bond donors (Lipinski definition) is 1. The van der Waals surface area contributed by atoms with Crippen molar-refractivity contribution in [2.75, 3.05) is 13.1 Å². The lowest BCUT2D eigenvalue weighted by Crippen LogP contribution is -2.37. The Morgan fingerprint density at radius 3 is 3.00 bits per heavy atom. The van der Waals surface area contributed by atoms with Gasteiger partial charge in [-0.3, -0.25) is 4.79 Å². The third-order valence-corrected chi connectivity index (χ3v) is 3.98. The van der Waals surface area contributed by atoms with Gasteiger partial charge in [-0.05, 0) is 41.8 Å². The third kappa shape index (κ3) is 2.28. The van der Waals surface area contributed by atoms with Gasteiger partial charge in [0.1, 0.15) is 0 Å². The molecule has 0 spiro atoms. The highest BCUT2D eigenvalue weighted by molar-refractivity contribution is 7.08. The van der Waals surface area contributed by atoms with Gasteiger partial charge in [0.25, 0.3) is 0 Å². The summed E-state index contributed by atoms with van der Waals surface area (Å²) in [7, 11) is 0. The molecule has 4 heteroatoms. The number of carbonyl (C=O) groups excluding carboxylic acids is 1. The van der Waals surface area contributed by atoms with Gasteiger partial charge in [-0.25, -0.2) is 0 Å². The summed E-state index contributed by atoms with van der Waals surface area (Å²) in [5.74, 6) is 0.257. The van der Waals surface area contributed by atoms with Crippen LogP contribution in [0, 0.1) is 6.92 Å². The van der Waals surface area contributed by atoms with Crippen molar-refractivity contribution in [3.8, 4) is 0 Å². The number of hydrogen-bond acceptors (Lipinski definition) is 3. The third-order valence-electron chi connectivity index (χ3n) is 3.07. The second kappa shape index (κ2) is 4.97. The Morgan fingerprint density at radius 1 is 1.56 bits per heavy atom. The number of thiophene rings is 1. The van der Waals surface area contributed by atoms with Gasteiger partial charge >= 0.3 is 0 Å². The van der Waals surface area contributed by atoms with Gasteiger partial charge in [-0.15, -0.1) is 0 Å². The molecule has 16 heavy (non-hydrogen) atoms. The van der Waals surface area contributed by atoms with Gasteiger partial charge in [0.15, 0.2) is 0 Å². The zero-order chi connectivity index (χ0) is 11.5. The van der Waals surface area contributed by atoms with E-state index in [-0.39, 0.29) is 11.9 Å². The Balaban J connectivity index is 1.97. The highest BCUT2D eigenvalue weighted by Gasteiger charge is 2.30. The monoisotopic (exact) mass is 238 g/mol. The van der Waals surface area contributed by atoms with Crippen LogP contribution in [0.2, 0.25) is 0 Å². The molecule has 88 valence electrons. The molecule has 0 aromatic carbocycles. The van der Waals surface area contributed by atoms with Gasteiger partial charge in [0, 0.05) is 13.1 Å². The van der Waals surface area contributed by atoms with Crippen LogP contribution < -0.4 is 5.32 Å². The predicted octanol–water partition coefficient (Wildman–Crippen LogP) is 1.77. The van der Waals surface area contributed by atoms with E-state index in [2.05, 4.69) is 23.0 Å². The van der Waals surface area contributed by atoms with Crippen molar-refractivity contribution in [2.24, 2.45) is 0 Å². The maximum atomic E-state index is 12.0. The lowest BCUT2D eigenvalue weighted by Gasteiger charge is -2.16. The number of nitrogens with one attached hydrogen (secondary N) is 1. The summed E-state index contributed by atoms with van der Waals surface area (Å²) >= 11 is 1.71. The molecule has 1 N–H and O–H groups in total. The normalized spacial score (nSPS) is 20.8. The maximum Gasteiger partial charge on any atom is 0.240 e. The zero-order valence-corrected chi connectivity index (χ0v) is 10.6. The SMILES string of the molecule is CCNC1CCN(Cc2cscc2C)C1=O. The van der Waals surface area contributed by atoms with E-state index in [4.69, 9.17) is 0 Å². The minimum atomic E-state index is 0.0453. The number of likely N-dealkylation sites (tertiary alicyclic amines) is 1. The Morgan fingerprint density at radius 2 is 2.38 bits per heavy atom. The number of amides is 1. The first-order valence-corrected chi connectivity index (χ1v) is 6.70. The van der Waals surface area contributed by atoms with Crippen LogP contribution in [-0.4, -0.2) is 29.9 Å². The van der Waals surface area contributed by atoms with Crippen molar-refractivity contribution in [3.05, 3.63) is 21.9 Å². The molecule has 0 bridgehead atoms. The molecule has 0 radical (unpaired) electrons. The molecule has 2 heterocycles. The van der Waals surface area contributed by atoms with Crippen LogP contribution in [-0.2, 0) is 11.3 Å². The van der Waals surface area contributed by atoms with Gasteiger partial charge < -0.3 is 10.2 Å². The Labute approximate surface area is 100 Å². The molecule has 1 aliphatic rings. The van der Waals surface area contributed by atoms with Gasteiger partial charge in [0.05, 0.1) is 6.04 Å². The van der Waals surface area contributed by atoms with E-state index in [9.17, 15) is 4.79 Å². The first-order chi connectivity index (χ1) is 7.72. The standard InChI is InChI=1S/C12H18N2OS/c1-3-13-11-4-5-14(12(11)15)6-10-8-16-7-9(10)2/h7-8,11,13H,3-6H2,1-2H3. The molecule has 1 aromatic heterocycles. The van der Waals surface area contributed by atoms with Crippen molar-refractivity contribution in [1.29, 1.82) is 0 Å². The molecule has 2 rings (SSSR count). The number of likely N-dealkylation sites (N-methyl/N-ethyl adjacent to an activating group) is 1. The van der Waals surface area contributed by atoms with Crippen molar-refractivity contribution < 1.29 is 4.79 Å². The lowest BCUT2D eigenvalue weighted by atomic mass is 10.2. The predicted molar refractivity (Wildman–Crippen MR) is 66.6 cm³/mol. The van der Waals surface area contributed by atoms with Crippen LogP contribution in [0.15, 0.2) is 10.8 Å². The van der Waals surface area contributed by atoms with Crippen LogP contribution in [0.3, 0.4) is 0 Å². The first kappa shape index (κ1) is 11.6. The quantitative estimate of drug-likeness (QED) is 0.867. The number of carbonyl (C=O) groups is 1. The maximum absolute atomic E-state index is 12.0. The Kier molecular flexibility index (Phi) is 3.61. The summed E-state index contributed by atoms with van der Waals surface area (Å²) in [6.07, 6.45) is 0.940. The minimum Gasteiger partial charge on any atom is -0.337 e. The van der Waals surface area contributed by atoms with Crippen LogP contribution in [0.1, 0.15) is 24.5 Å². The smallest absolute Gasteiger partial charge is 0.240 e. The van der Waals surface area contributed by atoms with E-state index >= 15 is 0 Å². The number of aryl methyl sites for hydroxylation is 1. The Hall–Kier alpha value is -0.870. The summed E-state index contributed by atoms with van der Waals surface area (Å²) < 4.78 is 0. The average molecular weight is 238 g/mol. The average Bonchev–Trinajstić information content (AvgIpc) is 2.80. The fourth-order valence-electron chi connectivity index (χ4n) is 2.09. The van der Waals surface area contributed by atoms with E-state index in [1.165, 1.54) is 11.1 Å². The molecule has 1 unspecified atom stereocenters. The topological polar surface area (TPSA) is 32.3 Å². The molecule has 1 saturated heterocycles. The van der Waals surface area contributed by atoms with Gasteiger partial charge in [-0.1, -0.05) is 6.92 Å². The van der Waals surface area contributed by atoms with Crippen molar-refractivity contribution >= 4 is 17.2 Å². The molecular weight excluding hydrogens is 220 g/mol. The van der Waals surface area contributed by atoms with E-state index in [0.717, 1.165) is 26.1 Å². The van der Waals surface area contributed by atoms with E-state index in [1.54, 1.807) is 11.3 Å². The van der Waals surface area contributed by atoms with E-state index in [0.29, 0.717) is 0 Å². The summed E-state index contributed by atoms with van der Waals surface area (Å²) in [4.78, 5) is 14.0. The molecule has 1 atom stereocenters.